The molecule has 1 atom stereocenters. The lowest BCUT2D eigenvalue weighted by atomic mass is 9.87. The topological polar surface area (TPSA) is 69.5 Å². The highest BCUT2D eigenvalue weighted by atomic mass is 32.1. The van der Waals surface area contributed by atoms with Crippen molar-refractivity contribution in [2.45, 2.75) is 32.3 Å². The molecule has 0 amide bonds. The van der Waals surface area contributed by atoms with Gasteiger partial charge in [-0.15, -0.1) is 11.3 Å². The number of aryl methyl sites for hydroxylation is 1. The number of aliphatic imine (C=N–C) groups is 1. The summed E-state index contributed by atoms with van der Waals surface area (Å²) in [6.07, 6.45) is 1.33. The molecule has 0 fully saturated rings. The van der Waals surface area contributed by atoms with E-state index >= 15 is 0 Å². The van der Waals surface area contributed by atoms with E-state index in [-0.39, 0.29) is 6.54 Å². The minimum Gasteiger partial charge on any atom is -0.383 e. The van der Waals surface area contributed by atoms with Crippen LogP contribution in [0.2, 0.25) is 0 Å². The molecule has 5 nitrogen and oxygen atoms in total. The van der Waals surface area contributed by atoms with Crippen molar-refractivity contribution in [3.05, 3.63) is 87.9 Å². The van der Waals surface area contributed by atoms with E-state index in [2.05, 4.69) is 21.0 Å². The molecule has 1 aromatic heterocycles. The zero-order valence-corrected chi connectivity index (χ0v) is 18.5. The van der Waals surface area contributed by atoms with Crippen molar-refractivity contribution in [1.29, 1.82) is 0 Å². The monoisotopic (exact) mass is 422 g/mol. The number of thiazole rings is 1. The maximum atomic E-state index is 11.6. The quantitative estimate of drug-likeness (QED) is 0.363. The van der Waals surface area contributed by atoms with Crippen LogP contribution in [0.4, 0.5) is 0 Å². The fraction of sp³-hybridized carbons (Fsp3) is 0.333. The van der Waals surface area contributed by atoms with Gasteiger partial charge in [-0.1, -0.05) is 60.7 Å². The van der Waals surface area contributed by atoms with E-state index in [4.69, 9.17) is 4.99 Å². The first-order valence-electron chi connectivity index (χ1n) is 10.3. The van der Waals surface area contributed by atoms with Crippen LogP contribution < -0.4 is 10.6 Å². The van der Waals surface area contributed by atoms with E-state index in [0.717, 1.165) is 41.3 Å². The first-order valence-corrected chi connectivity index (χ1v) is 11.2. The summed E-state index contributed by atoms with van der Waals surface area (Å²) in [5.41, 5.74) is 1.95. The molecule has 0 spiro atoms. The summed E-state index contributed by atoms with van der Waals surface area (Å²) in [5.74, 6) is 0.701. The smallest absolute Gasteiger partial charge is 0.191 e. The van der Waals surface area contributed by atoms with Gasteiger partial charge >= 0.3 is 0 Å². The number of guanidine groups is 1. The molecule has 0 radical (unpaired) electrons. The van der Waals surface area contributed by atoms with E-state index in [1.165, 1.54) is 0 Å². The Kier molecular flexibility index (Phi) is 7.99. The molecule has 1 unspecified atom stereocenters. The molecule has 3 aromatic rings. The van der Waals surface area contributed by atoms with Gasteiger partial charge in [0.2, 0.25) is 0 Å². The standard InChI is InChI=1S/C24H30N4OS/c1-3-25-23(26-15-14-22-17-30-19(2)28-22)27-18-24(29,21-12-8-5-9-13-21)16-20-10-6-4-7-11-20/h4-13,17,29H,3,14-16,18H2,1-2H3,(H2,25,26,27). The average molecular weight is 423 g/mol. The zero-order valence-electron chi connectivity index (χ0n) is 17.6. The largest absolute Gasteiger partial charge is 0.383 e. The van der Waals surface area contributed by atoms with E-state index in [0.29, 0.717) is 12.4 Å². The van der Waals surface area contributed by atoms with Gasteiger partial charge in [0.15, 0.2) is 5.96 Å². The third-order valence-electron chi connectivity index (χ3n) is 4.83. The van der Waals surface area contributed by atoms with Crippen molar-refractivity contribution in [2.75, 3.05) is 19.6 Å². The number of aliphatic hydroxyl groups is 1. The van der Waals surface area contributed by atoms with Crippen LogP contribution in [0, 0.1) is 6.92 Å². The number of nitrogens with zero attached hydrogens (tertiary/aromatic N) is 2. The van der Waals surface area contributed by atoms with Gasteiger partial charge in [-0.25, -0.2) is 9.98 Å². The van der Waals surface area contributed by atoms with Gasteiger partial charge in [0, 0.05) is 31.3 Å². The van der Waals surface area contributed by atoms with Crippen LogP contribution in [0.5, 0.6) is 0 Å². The third kappa shape index (κ3) is 6.40. The van der Waals surface area contributed by atoms with Gasteiger partial charge in [-0.3, -0.25) is 0 Å². The highest BCUT2D eigenvalue weighted by Gasteiger charge is 2.29. The average Bonchev–Trinajstić information content (AvgIpc) is 3.18. The van der Waals surface area contributed by atoms with Crippen molar-refractivity contribution in [3.63, 3.8) is 0 Å². The minimum absolute atomic E-state index is 0.261. The maximum absolute atomic E-state index is 11.6. The summed E-state index contributed by atoms with van der Waals surface area (Å²) in [6.45, 7) is 5.80. The van der Waals surface area contributed by atoms with E-state index in [1.54, 1.807) is 11.3 Å². The Morgan fingerprint density at radius 3 is 2.40 bits per heavy atom. The van der Waals surface area contributed by atoms with Crippen LogP contribution in [0.3, 0.4) is 0 Å². The minimum atomic E-state index is -1.09. The lowest BCUT2D eigenvalue weighted by Gasteiger charge is -2.28. The molecule has 0 bridgehead atoms. The van der Waals surface area contributed by atoms with Crippen LogP contribution in [-0.2, 0) is 18.4 Å². The van der Waals surface area contributed by atoms with E-state index < -0.39 is 5.60 Å². The summed E-state index contributed by atoms with van der Waals surface area (Å²) in [4.78, 5) is 9.22. The Bertz CT molecular complexity index is 927. The number of rotatable bonds is 9. The zero-order chi connectivity index (χ0) is 21.2. The van der Waals surface area contributed by atoms with E-state index in [1.807, 2.05) is 74.5 Å². The van der Waals surface area contributed by atoms with Crippen molar-refractivity contribution >= 4 is 17.3 Å². The molecule has 3 rings (SSSR count). The number of aromatic nitrogens is 1. The molecule has 1 heterocycles. The fourth-order valence-electron chi connectivity index (χ4n) is 3.31. The summed E-state index contributed by atoms with van der Waals surface area (Å²) in [6, 6.07) is 19.8. The summed E-state index contributed by atoms with van der Waals surface area (Å²) < 4.78 is 0. The van der Waals surface area contributed by atoms with Crippen LogP contribution in [-0.4, -0.2) is 35.7 Å². The number of hydrogen-bond donors (Lipinski definition) is 3. The van der Waals surface area contributed by atoms with Crippen molar-refractivity contribution < 1.29 is 5.11 Å². The number of benzene rings is 2. The van der Waals surface area contributed by atoms with Crippen molar-refractivity contribution in [1.82, 2.24) is 15.6 Å². The van der Waals surface area contributed by atoms with Gasteiger partial charge in [-0.05, 0) is 25.0 Å². The molecular weight excluding hydrogens is 392 g/mol. The molecule has 30 heavy (non-hydrogen) atoms. The second-order valence-corrected chi connectivity index (χ2v) is 8.35. The highest BCUT2D eigenvalue weighted by Crippen LogP contribution is 2.26. The molecular formula is C24H30N4OS. The van der Waals surface area contributed by atoms with Crippen molar-refractivity contribution in [2.24, 2.45) is 4.99 Å². The molecule has 6 heteroatoms. The third-order valence-corrected chi connectivity index (χ3v) is 5.66. The van der Waals surface area contributed by atoms with Crippen LogP contribution in [0.15, 0.2) is 71.0 Å². The van der Waals surface area contributed by atoms with Gasteiger partial charge in [0.1, 0.15) is 5.60 Å². The number of nitrogens with one attached hydrogen (secondary N) is 2. The van der Waals surface area contributed by atoms with Gasteiger partial charge in [0.25, 0.3) is 0 Å². The van der Waals surface area contributed by atoms with Gasteiger partial charge < -0.3 is 15.7 Å². The lowest BCUT2D eigenvalue weighted by Crippen LogP contribution is -2.40. The molecule has 0 aliphatic rings. The lowest BCUT2D eigenvalue weighted by molar-refractivity contribution is 0.0467. The van der Waals surface area contributed by atoms with Gasteiger partial charge in [0.05, 0.1) is 17.2 Å². The fourth-order valence-corrected chi connectivity index (χ4v) is 3.96. The molecule has 0 aliphatic heterocycles. The first kappa shape index (κ1) is 22.0. The molecule has 0 saturated carbocycles. The Hall–Kier alpha value is -2.70. The Morgan fingerprint density at radius 1 is 1.07 bits per heavy atom. The molecule has 3 N–H and O–H groups in total. The predicted molar refractivity (Wildman–Crippen MR) is 125 cm³/mol. The van der Waals surface area contributed by atoms with E-state index in [9.17, 15) is 5.11 Å². The molecule has 0 saturated heterocycles. The van der Waals surface area contributed by atoms with Crippen molar-refractivity contribution in [3.8, 4) is 0 Å². The number of hydrogen-bond acceptors (Lipinski definition) is 4. The SMILES string of the molecule is CCNC(=NCC(O)(Cc1ccccc1)c1ccccc1)NCCc1csc(C)n1. The molecule has 158 valence electrons. The second kappa shape index (κ2) is 10.9. The molecule has 0 aliphatic carbocycles. The highest BCUT2D eigenvalue weighted by molar-refractivity contribution is 7.09. The van der Waals surface area contributed by atoms with Crippen LogP contribution in [0.25, 0.3) is 0 Å². The Labute approximate surface area is 182 Å². The summed E-state index contributed by atoms with van der Waals surface area (Å²) in [7, 11) is 0. The van der Waals surface area contributed by atoms with Crippen LogP contribution in [0.1, 0.15) is 28.8 Å². The second-order valence-electron chi connectivity index (χ2n) is 7.29. The van der Waals surface area contributed by atoms with Crippen LogP contribution >= 0.6 is 11.3 Å². The summed E-state index contributed by atoms with van der Waals surface area (Å²) in [5, 5.41) is 21.4. The summed E-state index contributed by atoms with van der Waals surface area (Å²) >= 11 is 1.67. The normalized spacial score (nSPS) is 13.6. The first-order chi connectivity index (χ1) is 14.6. The predicted octanol–water partition coefficient (Wildman–Crippen LogP) is 3.68. The Balaban J connectivity index is 1.72. The van der Waals surface area contributed by atoms with Gasteiger partial charge in [-0.2, -0.15) is 0 Å². The maximum Gasteiger partial charge on any atom is 0.191 e. The Morgan fingerprint density at radius 2 is 1.77 bits per heavy atom. The molecule has 2 aromatic carbocycles.